The van der Waals surface area contributed by atoms with Gasteiger partial charge in [0.1, 0.15) is 0 Å². The average Bonchev–Trinajstić information content (AvgIpc) is 3.09. The van der Waals surface area contributed by atoms with E-state index in [0.29, 0.717) is 18.6 Å². The molecule has 1 N–H and O–H groups in total. The monoisotopic (exact) mass is 364 g/mol. The van der Waals surface area contributed by atoms with E-state index < -0.39 is 0 Å². The Balaban J connectivity index is 1.43. The normalized spacial score (nSPS) is 22.5. The standard InChI is InChI=1S/C18H32N6O2/c1-3-19-18(25)23-9-6-15(7-10-23)11-24-13-16(20-21-24)12-22-8-4-5-17(14-22)26-2/h13,15,17H,3-12,14H2,1-2H3,(H,19,25). The van der Waals surface area contributed by atoms with E-state index in [1.807, 2.05) is 16.5 Å². The number of carbonyl (C=O) groups excluding carboxylic acids is 1. The molecule has 26 heavy (non-hydrogen) atoms. The van der Waals surface area contributed by atoms with Crippen molar-refractivity contribution in [2.75, 3.05) is 39.8 Å². The fourth-order valence-electron chi connectivity index (χ4n) is 3.92. The van der Waals surface area contributed by atoms with Gasteiger partial charge >= 0.3 is 6.03 Å². The van der Waals surface area contributed by atoms with Crippen molar-refractivity contribution in [1.29, 1.82) is 0 Å². The van der Waals surface area contributed by atoms with Crippen LogP contribution in [-0.4, -0.2) is 76.8 Å². The number of nitrogens with zero attached hydrogens (tertiary/aromatic N) is 5. The number of urea groups is 1. The van der Waals surface area contributed by atoms with Crippen LogP contribution >= 0.6 is 0 Å². The highest BCUT2D eigenvalue weighted by Gasteiger charge is 2.24. The summed E-state index contributed by atoms with van der Waals surface area (Å²) in [6.45, 7) is 8.09. The Bertz CT molecular complexity index is 570. The molecule has 1 aromatic rings. The highest BCUT2D eigenvalue weighted by molar-refractivity contribution is 5.74. The summed E-state index contributed by atoms with van der Waals surface area (Å²) >= 11 is 0. The smallest absolute Gasteiger partial charge is 0.317 e. The van der Waals surface area contributed by atoms with Gasteiger partial charge in [-0.25, -0.2) is 4.79 Å². The quantitative estimate of drug-likeness (QED) is 0.824. The predicted molar refractivity (Wildman–Crippen MR) is 98.7 cm³/mol. The number of hydrogen-bond donors (Lipinski definition) is 1. The molecule has 2 saturated heterocycles. The average molecular weight is 364 g/mol. The zero-order chi connectivity index (χ0) is 18.4. The Kier molecular flexibility index (Phi) is 6.85. The summed E-state index contributed by atoms with van der Waals surface area (Å²) in [5.74, 6) is 0.558. The van der Waals surface area contributed by atoms with Gasteiger partial charge in [-0.1, -0.05) is 5.21 Å². The molecule has 2 amide bonds. The summed E-state index contributed by atoms with van der Waals surface area (Å²) in [5, 5.41) is 11.5. The van der Waals surface area contributed by atoms with Gasteiger partial charge in [0.2, 0.25) is 0 Å². The number of methoxy groups -OCH3 is 1. The maximum Gasteiger partial charge on any atom is 0.317 e. The molecule has 1 atom stereocenters. The Morgan fingerprint density at radius 1 is 1.31 bits per heavy atom. The van der Waals surface area contributed by atoms with Gasteiger partial charge in [-0.15, -0.1) is 5.10 Å². The van der Waals surface area contributed by atoms with Crippen molar-refractivity contribution < 1.29 is 9.53 Å². The molecular formula is C18H32N6O2. The molecule has 0 aromatic carbocycles. The lowest BCUT2D eigenvalue weighted by Gasteiger charge is -2.31. The molecule has 0 radical (unpaired) electrons. The molecule has 0 aliphatic carbocycles. The van der Waals surface area contributed by atoms with E-state index in [9.17, 15) is 4.79 Å². The summed E-state index contributed by atoms with van der Waals surface area (Å²) in [5.41, 5.74) is 1.03. The van der Waals surface area contributed by atoms with Crippen LogP contribution in [0.2, 0.25) is 0 Å². The van der Waals surface area contributed by atoms with Crippen molar-refractivity contribution in [3.05, 3.63) is 11.9 Å². The maximum atomic E-state index is 11.9. The topological polar surface area (TPSA) is 75.5 Å². The van der Waals surface area contributed by atoms with Gasteiger partial charge in [0, 0.05) is 52.6 Å². The summed E-state index contributed by atoms with van der Waals surface area (Å²) < 4.78 is 7.46. The van der Waals surface area contributed by atoms with Gasteiger partial charge in [0.05, 0.1) is 11.8 Å². The third-order valence-electron chi connectivity index (χ3n) is 5.44. The molecule has 0 bridgehead atoms. The summed E-state index contributed by atoms with van der Waals surface area (Å²) in [6.07, 6.45) is 6.79. The van der Waals surface area contributed by atoms with Gasteiger partial charge < -0.3 is 15.0 Å². The van der Waals surface area contributed by atoms with E-state index in [1.54, 1.807) is 7.11 Å². The number of rotatable bonds is 6. The number of aromatic nitrogens is 3. The van der Waals surface area contributed by atoms with E-state index in [2.05, 4.69) is 26.7 Å². The van der Waals surface area contributed by atoms with Crippen LogP contribution in [0.3, 0.4) is 0 Å². The van der Waals surface area contributed by atoms with E-state index in [-0.39, 0.29) is 6.03 Å². The number of carbonyl (C=O) groups is 1. The molecular weight excluding hydrogens is 332 g/mol. The van der Waals surface area contributed by atoms with Crippen molar-refractivity contribution in [2.45, 2.75) is 51.8 Å². The number of nitrogens with one attached hydrogen (secondary N) is 1. The number of hydrogen-bond acceptors (Lipinski definition) is 5. The fraction of sp³-hybridized carbons (Fsp3) is 0.833. The van der Waals surface area contributed by atoms with E-state index in [1.165, 1.54) is 6.42 Å². The van der Waals surface area contributed by atoms with E-state index in [0.717, 1.165) is 64.2 Å². The van der Waals surface area contributed by atoms with Crippen LogP contribution in [0.1, 0.15) is 38.3 Å². The van der Waals surface area contributed by atoms with Crippen LogP contribution < -0.4 is 5.32 Å². The minimum absolute atomic E-state index is 0.0601. The minimum atomic E-state index is 0.0601. The van der Waals surface area contributed by atoms with Crippen LogP contribution in [0.4, 0.5) is 4.79 Å². The van der Waals surface area contributed by atoms with E-state index in [4.69, 9.17) is 4.74 Å². The van der Waals surface area contributed by atoms with Gasteiger partial charge in [-0.2, -0.15) is 0 Å². The third kappa shape index (κ3) is 5.17. The first-order valence-electron chi connectivity index (χ1n) is 9.84. The third-order valence-corrected chi connectivity index (χ3v) is 5.44. The maximum absolute atomic E-state index is 11.9. The van der Waals surface area contributed by atoms with Gasteiger partial charge in [-0.3, -0.25) is 9.58 Å². The molecule has 2 fully saturated rings. The second kappa shape index (κ2) is 9.32. The molecule has 3 rings (SSSR count). The van der Waals surface area contributed by atoms with Crippen LogP contribution in [0.15, 0.2) is 6.20 Å². The Morgan fingerprint density at radius 2 is 2.12 bits per heavy atom. The lowest BCUT2D eigenvalue weighted by molar-refractivity contribution is 0.0281. The largest absolute Gasteiger partial charge is 0.380 e. The molecule has 8 heteroatoms. The zero-order valence-electron chi connectivity index (χ0n) is 16.1. The number of piperidine rings is 2. The van der Waals surface area contributed by atoms with Gasteiger partial charge in [-0.05, 0) is 45.1 Å². The predicted octanol–water partition coefficient (Wildman–Crippen LogP) is 1.33. The number of likely N-dealkylation sites (tertiary alicyclic amines) is 2. The highest BCUT2D eigenvalue weighted by Crippen LogP contribution is 2.19. The van der Waals surface area contributed by atoms with Gasteiger partial charge in [0.25, 0.3) is 0 Å². The minimum Gasteiger partial charge on any atom is -0.380 e. The SMILES string of the molecule is CCNC(=O)N1CCC(Cn2cc(CN3CCCC(OC)C3)nn2)CC1. The Labute approximate surface area is 155 Å². The first kappa shape index (κ1) is 19.1. The fourth-order valence-corrected chi connectivity index (χ4v) is 3.92. The lowest BCUT2D eigenvalue weighted by Crippen LogP contribution is -2.44. The van der Waals surface area contributed by atoms with Crippen molar-refractivity contribution in [1.82, 2.24) is 30.1 Å². The molecule has 146 valence electrons. The molecule has 2 aliphatic heterocycles. The second-order valence-corrected chi connectivity index (χ2v) is 7.43. The molecule has 0 spiro atoms. The Hall–Kier alpha value is -1.67. The van der Waals surface area contributed by atoms with Crippen LogP contribution in [0.5, 0.6) is 0 Å². The van der Waals surface area contributed by atoms with Crippen LogP contribution in [0, 0.1) is 5.92 Å². The number of ether oxygens (including phenoxy) is 1. The molecule has 1 unspecified atom stereocenters. The second-order valence-electron chi connectivity index (χ2n) is 7.43. The Morgan fingerprint density at radius 3 is 2.85 bits per heavy atom. The number of amides is 2. The molecule has 1 aromatic heterocycles. The first-order valence-corrected chi connectivity index (χ1v) is 9.84. The van der Waals surface area contributed by atoms with Crippen molar-refractivity contribution in [3.8, 4) is 0 Å². The van der Waals surface area contributed by atoms with E-state index >= 15 is 0 Å². The highest BCUT2D eigenvalue weighted by atomic mass is 16.5. The molecule has 0 saturated carbocycles. The van der Waals surface area contributed by atoms with Crippen LogP contribution in [-0.2, 0) is 17.8 Å². The zero-order valence-corrected chi connectivity index (χ0v) is 16.1. The van der Waals surface area contributed by atoms with Gasteiger partial charge in [0.15, 0.2) is 0 Å². The van der Waals surface area contributed by atoms with Crippen LogP contribution in [0.25, 0.3) is 0 Å². The van der Waals surface area contributed by atoms with Crippen molar-refractivity contribution in [3.63, 3.8) is 0 Å². The lowest BCUT2D eigenvalue weighted by atomic mass is 9.97. The summed E-state index contributed by atoms with van der Waals surface area (Å²) in [4.78, 5) is 16.2. The summed E-state index contributed by atoms with van der Waals surface area (Å²) in [6, 6.07) is 0.0601. The summed E-state index contributed by atoms with van der Waals surface area (Å²) in [7, 11) is 1.79. The van der Waals surface area contributed by atoms with Crippen molar-refractivity contribution >= 4 is 6.03 Å². The van der Waals surface area contributed by atoms with Crippen molar-refractivity contribution in [2.24, 2.45) is 5.92 Å². The molecule has 3 heterocycles. The first-order chi connectivity index (χ1) is 12.7. The molecule has 2 aliphatic rings. The molecule has 8 nitrogen and oxygen atoms in total.